The molecule has 1 aromatic heterocycles. The van der Waals surface area contributed by atoms with Crippen molar-refractivity contribution in [3.05, 3.63) is 98.6 Å². The third-order valence-corrected chi connectivity index (χ3v) is 3.83. The van der Waals surface area contributed by atoms with Gasteiger partial charge in [0.25, 0.3) is 0 Å². The van der Waals surface area contributed by atoms with Crippen LogP contribution in [0, 0.1) is 10.1 Å². The fourth-order valence-electron chi connectivity index (χ4n) is 2.47. The molecule has 0 saturated carbocycles. The Labute approximate surface area is 144 Å². The lowest BCUT2D eigenvalue weighted by atomic mass is 10.1. The van der Waals surface area contributed by atoms with Crippen molar-refractivity contribution in [1.29, 1.82) is 0 Å². The molecular weight excluding hydrogens is 326 g/mol. The molecular formula is C18H14ClN3O2. The average Bonchev–Trinajstić information content (AvgIpc) is 2.56. The summed E-state index contributed by atoms with van der Waals surface area (Å²) >= 11 is 6.07. The monoisotopic (exact) mass is 339 g/mol. The van der Waals surface area contributed by atoms with E-state index >= 15 is 0 Å². The maximum absolute atomic E-state index is 11.3. The highest BCUT2D eigenvalue weighted by Gasteiger charge is 2.23. The first-order valence-corrected chi connectivity index (χ1v) is 7.79. The molecule has 0 amide bonds. The zero-order chi connectivity index (χ0) is 16.9. The standard InChI is InChI=1S/C18H14ClN3O2/c19-18-17(22(23)24)15(11-13-7-3-1-4-8-13)20-16(21-18)12-14-9-5-2-6-10-14/h1-10H,11-12H2. The van der Waals surface area contributed by atoms with Crippen LogP contribution in [0.4, 0.5) is 5.69 Å². The Morgan fingerprint density at radius 3 is 1.96 bits per heavy atom. The van der Waals surface area contributed by atoms with E-state index in [-0.39, 0.29) is 10.8 Å². The van der Waals surface area contributed by atoms with Crippen molar-refractivity contribution in [2.75, 3.05) is 0 Å². The molecule has 24 heavy (non-hydrogen) atoms. The van der Waals surface area contributed by atoms with Gasteiger partial charge >= 0.3 is 5.69 Å². The van der Waals surface area contributed by atoms with Gasteiger partial charge in [0, 0.05) is 12.8 Å². The quantitative estimate of drug-likeness (QED) is 0.396. The average molecular weight is 340 g/mol. The van der Waals surface area contributed by atoms with Crippen molar-refractivity contribution in [2.45, 2.75) is 12.8 Å². The summed E-state index contributed by atoms with van der Waals surface area (Å²) in [6, 6.07) is 19.1. The largest absolute Gasteiger partial charge is 0.328 e. The Morgan fingerprint density at radius 2 is 1.42 bits per heavy atom. The van der Waals surface area contributed by atoms with E-state index in [1.54, 1.807) is 0 Å². The van der Waals surface area contributed by atoms with E-state index in [1.807, 2.05) is 60.7 Å². The van der Waals surface area contributed by atoms with Gasteiger partial charge in [-0.2, -0.15) is 0 Å². The third-order valence-electron chi connectivity index (χ3n) is 3.56. The molecule has 0 saturated heterocycles. The first-order valence-electron chi connectivity index (χ1n) is 7.41. The highest BCUT2D eigenvalue weighted by Crippen LogP contribution is 2.28. The first-order chi connectivity index (χ1) is 11.6. The first kappa shape index (κ1) is 16.1. The molecule has 0 atom stereocenters. The Kier molecular flexibility index (Phi) is 4.82. The fourth-order valence-corrected chi connectivity index (χ4v) is 2.75. The summed E-state index contributed by atoms with van der Waals surface area (Å²) in [5.41, 5.74) is 2.06. The number of nitrogens with zero attached hydrogens (tertiary/aromatic N) is 3. The molecule has 0 bridgehead atoms. The lowest BCUT2D eigenvalue weighted by Crippen LogP contribution is -2.07. The normalized spacial score (nSPS) is 10.5. The van der Waals surface area contributed by atoms with Crippen molar-refractivity contribution >= 4 is 17.3 Å². The molecule has 3 rings (SSSR count). The molecule has 1 heterocycles. The number of rotatable bonds is 5. The molecule has 5 nitrogen and oxygen atoms in total. The number of halogens is 1. The highest BCUT2D eigenvalue weighted by molar-refractivity contribution is 6.31. The lowest BCUT2D eigenvalue weighted by molar-refractivity contribution is -0.386. The van der Waals surface area contributed by atoms with Gasteiger partial charge in [-0.3, -0.25) is 10.1 Å². The van der Waals surface area contributed by atoms with Gasteiger partial charge in [-0.25, -0.2) is 9.97 Å². The predicted molar refractivity (Wildman–Crippen MR) is 92.2 cm³/mol. The summed E-state index contributed by atoms with van der Waals surface area (Å²) < 4.78 is 0. The second kappa shape index (κ2) is 7.19. The van der Waals surface area contributed by atoms with Crippen LogP contribution >= 0.6 is 11.6 Å². The van der Waals surface area contributed by atoms with E-state index in [2.05, 4.69) is 9.97 Å². The molecule has 0 unspecified atom stereocenters. The molecule has 2 aromatic carbocycles. The van der Waals surface area contributed by atoms with Crippen LogP contribution in [0.3, 0.4) is 0 Å². The third kappa shape index (κ3) is 3.75. The zero-order valence-corrected chi connectivity index (χ0v) is 13.5. The van der Waals surface area contributed by atoms with Gasteiger partial charge in [0.05, 0.1) is 4.92 Å². The van der Waals surface area contributed by atoms with Crippen LogP contribution in [0.15, 0.2) is 60.7 Å². The van der Waals surface area contributed by atoms with Gasteiger partial charge in [-0.05, 0) is 11.1 Å². The summed E-state index contributed by atoms with van der Waals surface area (Å²) in [6.45, 7) is 0. The van der Waals surface area contributed by atoms with Gasteiger partial charge in [0.15, 0.2) is 0 Å². The van der Waals surface area contributed by atoms with Crippen molar-refractivity contribution in [3.63, 3.8) is 0 Å². The number of aromatic nitrogens is 2. The van der Waals surface area contributed by atoms with Crippen LogP contribution in [-0.4, -0.2) is 14.9 Å². The van der Waals surface area contributed by atoms with Crippen LogP contribution in [-0.2, 0) is 12.8 Å². The van der Waals surface area contributed by atoms with E-state index in [9.17, 15) is 10.1 Å². The maximum Gasteiger partial charge on any atom is 0.328 e. The maximum atomic E-state index is 11.3. The topological polar surface area (TPSA) is 68.9 Å². The van der Waals surface area contributed by atoms with Crippen LogP contribution in [0.25, 0.3) is 0 Å². The van der Waals surface area contributed by atoms with Crippen LogP contribution in [0.1, 0.15) is 22.6 Å². The fraction of sp³-hybridized carbons (Fsp3) is 0.111. The summed E-state index contributed by atoms with van der Waals surface area (Å²) in [4.78, 5) is 19.3. The van der Waals surface area contributed by atoms with E-state index in [4.69, 9.17) is 11.6 Å². The minimum Gasteiger partial charge on any atom is -0.258 e. The molecule has 120 valence electrons. The van der Waals surface area contributed by atoms with Crippen molar-refractivity contribution < 1.29 is 4.92 Å². The van der Waals surface area contributed by atoms with Crippen molar-refractivity contribution in [1.82, 2.24) is 9.97 Å². The minimum absolute atomic E-state index is 0.119. The molecule has 0 fully saturated rings. The lowest BCUT2D eigenvalue weighted by Gasteiger charge is -2.07. The highest BCUT2D eigenvalue weighted by atomic mass is 35.5. The van der Waals surface area contributed by atoms with Gasteiger partial charge < -0.3 is 0 Å². The molecule has 0 N–H and O–H groups in total. The minimum atomic E-state index is -0.521. The SMILES string of the molecule is O=[N+]([O-])c1c(Cl)nc(Cc2ccccc2)nc1Cc1ccccc1. The summed E-state index contributed by atoms with van der Waals surface area (Å²) in [6.07, 6.45) is 0.807. The van der Waals surface area contributed by atoms with Crippen LogP contribution in [0.2, 0.25) is 5.15 Å². The smallest absolute Gasteiger partial charge is 0.258 e. The Hall–Kier alpha value is -2.79. The van der Waals surface area contributed by atoms with E-state index in [0.29, 0.717) is 24.4 Å². The van der Waals surface area contributed by atoms with E-state index < -0.39 is 4.92 Å². The number of hydrogen-bond acceptors (Lipinski definition) is 4. The molecule has 0 spiro atoms. The second-order valence-electron chi connectivity index (χ2n) is 5.31. The van der Waals surface area contributed by atoms with Crippen LogP contribution in [0.5, 0.6) is 0 Å². The molecule has 0 aliphatic heterocycles. The van der Waals surface area contributed by atoms with Crippen LogP contribution < -0.4 is 0 Å². The Morgan fingerprint density at radius 1 is 0.875 bits per heavy atom. The summed E-state index contributed by atoms with van der Waals surface area (Å²) in [5, 5.41) is 11.2. The molecule has 6 heteroatoms. The van der Waals surface area contributed by atoms with Gasteiger partial charge in [-0.15, -0.1) is 0 Å². The van der Waals surface area contributed by atoms with Crippen molar-refractivity contribution in [2.24, 2.45) is 0 Å². The van der Waals surface area contributed by atoms with Gasteiger partial charge in [-0.1, -0.05) is 72.3 Å². The van der Waals surface area contributed by atoms with E-state index in [0.717, 1.165) is 11.1 Å². The molecule has 0 aliphatic carbocycles. The summed E-state index contributed by atoms with van der Waals surface area (Å²) in [5.74, 6) is 0.475. The number of nitro groups is 1. The second-order valence-corrected chi connectivity index (χ2v) is 5.67. The number of hydrogen-bond donors (Lipinski definition) is 0. The summed E-state index contributed by atoms with van der Waals surface area (Å²) in [7, 11) is 0. The van der Waals surface area contributed by atoms with Gasteiger partial charge in [0.2, 0.25) is 5.15 Å². The van der Waals surface area contributed by atoms with Gasteiger partial charge in [0.1, 0.15) is 11.5 Å². The molecule has 3 aromatic rings. The molecule has 0 aliphatic rings. The zero-order valence-electron chi connectivity index (χ0n) is 12.7. The Balaban J connectivity index is 1.99. The predicted octanol–water partition coefficient (Wildman–Crippen LogP) is 4.22. The van der Waals surface area contributed by atoms with Crippen molar-refractivity contribution in [3.8, 4) is 0 Å². The van der Waals surface area contributed by atoms with E-state index in [1.165, 1.54) is 0 Å². The Bertz CT molecular complexity index is 855. The number of benzene rings is 2. The molecule has 0 radical (unpaired) electrons.